The van der Waals surface area contributed by atoms with Crippen LogP contribution < -0.4 is 5.43 Å². The molecular weight excluding hydrogens is 306 g/mol. The summed E-state index contributed by atoms with van der Waals surface area (Å²) < 4.78 is 0. The number of rotatable bonds is 6. The van der Waals surface area contributed by atoms with Crippen LogP contribution in [0.2, 0.25) is 0 Å². The van der Waals surface area contributed by atoms with Gasteiger partial charge in [0.05, 0.1) is 5.92 Å². The van der Waals surface area contributed by atoms with Crippen LogP contribution in [-0.4, -0.2) is 34.6 Å². The second kappa shape index (κ2) is 8.47. The molecule has 6 nitrogen and oxygen atoms in total. The van der Waals surface area contributed by atoms with E-state index in [9.17, 15) is 14.4 Å². The lowest BCUT2D eigenvalue weighted by Crippen LogP contribution is -2.47. The summed E-state index contributed by atoms with van der Waals surface area (Å²) in [7, 11) is 0. The van der Waals surface area contributed by atoms with E-state index in [-0.39, 0.29) is 6.54 Å². The monoisotopic (exact) mass is 324 g/mol. The molecule has 0 fully saturated rings. The molecule has 1 aromatic heterocycles. The number of nitrogens with one attached hydrogen (secondary N) is 2. The van der Waals surface area contributed by atoms with Crippen molar-refractivity contribution in [1.29, 1.82) is 0 Å². The minimum absolute atomic E-state index is 0.346. The molecule has 0 aliphatic carbocycles. The molecule has 1 radical (unpaired) electrons. The van der Waals surface area contributed by atoms with Crippen LogP contribution in [-0.2, 0) is 14.4 Å². The molecule has 6 heteroatoms. The Hall–Kier alpha value is -3.15. The van der Waals surface area contributed by atoms with Gasteiger partial charge in [0.25, 0.3) is 5.91 Å². The van der Waals surface area contributed by atoms with E-state index in [0.717, 1.165) is 16.3 Å². The summed E-state index contributed by atoms with van der Waals surface area (Å²) in [5, 5.41) is 0.939. The summed E-state index contributed by atoms with van der Waals surface area (Å²) in [6.07, 6.45) is 6.25. The molecule has 1 unspecified atom stereocenters. The average molecular weight is 324 g/mol. The fraction of sp³-hybridized carbons (Fsp3) is 0.167. The topological polar surface area (TPSA) is 82.3 Å². The highest BCUT2D eigenvalue weighted by molar-refractivity contribution is 5.94. The Morgan fingerprint density at radius 3 is 2.62 bits per heavy atom. The van der Waals surface area contributed by atoms with Gasteiger partial charge in [0.1, 0.15) is 6.54 Å². The van der Waals surface area contributed by atoms with Crippen LogP contribution >= 0.6 is 0 Å². The molecule has 0 spiro atoms. The number of amides is 2. The number of hydrogen-bond acceptors (Lipinski definition) is 3. The van der Waals surface area contributed by atoms with Crippen LogP contribution in [0.3, 0.4) is 0 Å². The molecule has 2 rings (SSSR count). The summed E-state index contributed by atoms with van der Waals surface area (Å²) in [6, 6.07) is 12.8. The summed E-state index contributed by atoms with van der Waals surface area (Å²) in [5.41, 5.74) is 4.01. The Kier molecular flexibility index (Phi) is 6.08. The largest absolute Gasteiger partial charge is 0.364 e. The van der Waals surface area contributed by atoms with E-state index in [1.807, 2.05) is 30.3 Å². The third kappa shape index (κ3) is 4.67. The van der Waals surface area contributed by atoms with Crippen LogP contribution in [0.4, 0.5) is 0 Å². The van der Waals surface area contributed by atoms with Gasteiger partial charge >= 0.3 is 0 Å². The summed E-state index contributed by atoms with van der Waals surface area (Å²) in [6.45, 7) is 1.36. The van der Waals surface area contributed by atoms with Crippen molar-refractivity contribution in [1.82, 2.24) is 15.4 Å². The Labute approximate surface area is 140 Å². The quantitative estimate of drug-likeness (QED) is 0.628. The Bertz CT molecular complexity index is 708. The number of hydrazine groups is 1. The van der Waals surface area contributed by atoms with Crippen molar-refractivity contribution in [3.05, 3.63) is 66.0 Å². The van der Waals surface area contributed by atoms with E-state index in [1.54, 1.807) is 37.6 Å². The van der Waals surface area contributed by atoms with Gasteiger partial charge in [-0.2, -0.15) is 0 Å². The van der Waals surface area contributed by atoms with E-state index < -0.39 is 17.7 Å². The maximum absolute atomic E-state index is 12.2. The lowest BCUT2D eigenvalue weighted by atomic mass is 10.1. The van der Waals surface area contributed by atoms with Gasteiger partial charge in [-0.3, -0.25) is 19.8 Å². The predicted octanol–water partition coefficient (Wildman–Crippen LogP) is 1.80. The highest BCUT2D eigenvalue weighted by Crippen LogP contribution is 2.12. The van der Waals surface area contributed by atoms with Gasteiger partial charge in [-0.25, -0.2) is 5.01 Å². The van der Waals surface area contributed by atoms with Gasteiger partial charge in [-0.15, -0.1) is 0 Å². The standard InChI is InChI=1S/C18H18N3O3/c1-14(16-8-5-11-19-16)18(24)20-21(12-13-22)17(23)10-9-15-6-3-2-4-7-15/h2-11,14,19H,12H2,1H3,(H,20,24)/b10-9+. The van der Waals surface area contributed by atoms with E-state index in [0.29, 0.717) is 0 Å². The second-order valence-corrected chi connectivity index (χ2v) is 5.14. The van der Waals surface area contributed by atoms with Crippen molar-refractivity contribution in [3.8, 4) is 0 Å². The molecule has 1 aromatic carbocycles. The Morgan fingerprint density at radius 1 is 1.25 bits per heavy atom. The first-order valence-corrected chi connectivity index (χ1v) is 7.45. The average Bonchev–Trinajstić information content (AvgIpc) is 3.14. The number of benzene rings is 1. The molecule has 2 amide bonds. The zero-order chi connectivity index (χ0) is 17.4. The summed E-state index contributed by atoms with van der Waals surface area (Å²) in [5.74, 6) is -1.39. The van der Waals surface area contributed by atoms with Crippen LogP contribution in [0.15, 0.2) is 54.7 Å². The predicted molar refractivity (Wildman–Crippen MR) is 90.2 cm³/mol. The fourth-order valence-corrected chi connectivity index (χ4v) is 2.04. The van der Waals surface area contributed by atoms with Gasteiger partial charge in [-0.05, 0) is 30.7 Å². The van der Waals surface area contributed by atoms with Crippen molar-refractivity contribution in [2.75, 3.05) is 6.54 Å². The van der Waals surface area contributed by atoms with E-state index >= 15 is 0 Å². The van der Waals surface area contributed by atoms with Crippen molar-refractivity contribution in [2.24, 2.45) is 0 Å². The van der Waals surface area contributed by atoms with Crippen molar-refractivity contribution in [2.45, 2.75) is 12.8 Å². The van der Waals surface area contributed by atoms with Crippen LogP contribution in [0.1, 0.15) is 24.1 Å². The number of aromatic amines is 1. The zero-order valence-electron chi connectivity index (χ0n) is 13.2. The highest BCUT2D eigenvalue weighted by atomic mass is 16.2. The number of carbonyl (C=O) groups is 2. The highest BCUT2D eigenvalue weighted by Gasteiger charge is 2.20. The van der Waals surface area contributed by atoms with Crippen LogP contribution in [0.5, 0.6) is 0 Å². The lowest BCUT2D eigenvalue weighted by Gasteiger charge is -2.21. The smallest absolute Gasteiger partial charge is 0.265 e. The van der Waals surface area contributed by atoms with Crippen LogP contribution in [0, 0.1) is 0 Å². The van der Waals surface area contributed by atoms with Gasteiger partial charge in [0, 0.05) is 18.0 Å². The molecule has 2 N–H and O–H groups in total. The molecule has 123 valence electrons. The molecule has 0 aliphatic heterocycles. The minimum Gasteiger partial charge on any atom is -0.364 e. The zero-order valence-corrected chi connectivity index (χ0v) is 13.2. The third-order valence-corrected chi connectivity index (χ3v) is 3.43. The number of aromatic nitrogens is 1. The second-order valence-electron chi connectivity index (χ2n) is 5.14. The number of carbonyl (C=O) groups excluding carboxylic acids is 3. The third-order valence-electron chi connectivity index (χ3n) is 3.43. The molecular formula is C18H18N3O3. The first-order chi connectivity index (χ1) is 11.6. The van der Waals surface area contributed by atoms with Gasteiger partial charge < -0.3 is 4.98 Å². The normalized spacial score (nSPS) is 11.9. The lowest BCUT2D eigenvalue weighted by molar-refractivity contribution is -0.137. The molecule has 0 bridgehead atoms. The van der Waals surface area contributed by atoms with Crippen molar-refractivity contribution in [3.63, 3.8) is 0 Å². The van der Waals surface area contributed by atoms with E-state index in [2.05, 4.69) is 10.4 Å². The van der Waals surface area contributed by atoms with Crippen molar-refractivity contribution < 1.29 is 14.4 Å². The van der Waals surface area contributed by atoms with Crippen molar-refractivity contribution >= 4 is 24.2 Å². The first-order valence-electron chi connectivity index (χ1n) is 7.45. The first kappa shape index (κ1) is 17.2. The number of H-pyrrole nitrogens is 1. The number of nitrogens with zero attached hydrogens (tertiary/aromatic N) is 1. The SMILES string of the molecule is CC(C(=O)NN(C[C]=O)C(=O)/C=C/c1ccccc1)c1ccc[nH]1. The molecule has 2 aromatic rings. The van der Waals surface area contributed by atoms with E-state index in [4.69, 9.17) is 0 Å². The Morgan fingerprint density at radius 2 is 2.00 bits per heavy atom. The van der Waals surface area contributed by atoms with Gasteiger partial charge in [-0.1, -0.05) is 30.3 Å². The molecule has 1 heterocycles. The van der Waals surface area contributed by atoms with Crippen LogP contribution in [0.25, 0.3) is 6.08 Å². The summed E-state index contributed by atoms with van der Waals surface area (Å²) >= 11 is 0. The molecule has 0 aliphatic rings. The molecule has 1 atom stereocenters. The molecule has 0 saturated heterocycles. The fourth-order valence-electron chi connectivity index (χ4n) is 2.04. The molecule has 0 saturated carbocycles. The Balaban J connectivity index is 2.02. The maximum atomic E-state index is 12.2. The minimum atomic E-state index is -0.505. The number of hydrogen-bond donors (Lipinski definition) is 2. The van der Waals surface area contributed by atoms with Gasteiger partial charge in [0.15, 0.2) is 0 Å². The maximum Gasteiger partial charge on any atom is 0.265 e. The van der Waals surface area contributed by atoms with Gasteiger partial charge in [0.2, 0.25) is 12.2 Å². The summed E-state index contributed by atoms with van der Waals surface area (Å²) in [4.78, 5) is 38.0. The molecule has 24 heavy (non-hydrogen) atoms. The van der Waals surface area contributed by atoms with E-state index in [1.165, 1.54) is 6.08 Å².